The van der Waals surface area contributed by atoms with Crippen molar-refractivity contribution in [2.75, 3.05) is 6.54 Å². The van der Waals surface area contributed by atoms with E-state index in [9.17, 15) is 9.59 Å². The Morgan fingerprint density at radius 3 is 2.73 bits per heavy atom. The van der Waals surface area contributed by atoms with Gasteiger partial charge in [-0.05, 0) is 32.8 Å². The van der Waals surface area contributed by atoms with E-state index in [1.165, 1.54) is 4.68 Å². The van der Waals surface area contributed by atoms with Gasteiger partial charge in [0.25, 0.3) is 5.56 Å². The van der Waals surface area contributed by atoms with Crippen molar-refractivity contribution >= 4 is 27.7 Å². The summed E-state index contributed by atoms with van der Waals surface area (Å²) in [5, 5.41) is 12.8. The van der Waals surface area contributed by atoms with E-state index < -0.39 is 0 Å². The third-order valence-corrected chi connectivity index (χ3v) is 5.39. The number of benzene rings is 1. The minimum absolute atomic E-state index is 0.121. The van der Waals surface area contributed by atoms with Crippen LogP contribution in [0.2, 0.25) is 0 Å². The quantitative estimate of drug-likeness (QED) is 0.508. The second-order valence-corrected chi connectivity index (χ2v) is 7.44. The number of nitrogens with one attached hydrogen (secondary N) is 1. The van der Waals surface area contributed by atoms with E-state index in [0.717, 1.165) is 46.3 Å². The zero-order valence-corrected chi connectivity index (χ0v) is 17.4. The fraction of sp³-hybridized carbons (Fsp3) is 0.364. The molecule has 1 aromatic carbocycles. The molecular weight excluding hydrogens is 382 g/mol. The number of carbonyl (C=O) groups is 1. The molecular formula is C22H25N5O3. The highest BCUT2D eigenvalue weighted by Crippen LogP contribution is 2.26. The van der Waals surface area contributed by atoms with Crippen LogP contribution in [-0.2, 0) is 24.3 Å². The van der Waals surface area contributed by atoms with E-state index in [1.807, 2.05) is 42.7 Å². The zero-order chi connectivity index (χ0) is 21.3. The molecule has 1 N–H and O–H groups in total. The van der Waals surface area contributed by atoms with Crippen molar-refractivity contribution in [1.82, 2.24) is 24.8 Å². The van der Waals surface area contributed by atoms with Crippen LogP contribution in [0.4, 0.5) is 0 Å². The van der Waals surface area contributed by atoms with Gasteiger partial charge in [0.05, 0.1) is 11.9 Å². The number of fused-ring (bicyclic) bond motifs is 3. The topological polar surface area (TPSA) is 95.0 Å². The first-order chi connectivity index (χ1) is 14.5. The lowest BCUT2D eigenvalue weighted by Crippen LogP contribution is -2.35. The summed E-state index contributed by atoms with van der Waals surface area (Å²) >= 11 is 0. The molecule has 4 rings (SSSR count). The number of hydrogen-bond donors (Lipinski definition) is 1. The summed E-state index contributed by atoms with van der Waals surface area (Å²) < 4.78 is 8.40. The van der Waals surface area contributed by atoms with Crippen LogP contribution in [0.3, 0.4) is 0 Å². The summed E-state index contributed by atoms with van der Waals surface area (Å²) in [6.45, 7) is 6.85. The Balaban J connectivity index is 1.56. The Morgan fingerprint density at radius 2 is 2.00 bits per heavy atom. The Labute approximate surface area is 173 Å². The summed E-state index contributed by atoms with van der Waals surface area (Å²) in [6.07, 6.45) is 3.21. The van der Waals surface area contributed by atoms with E-state index in [-0.39, 0.29) is 18.0 Å². The first kappa shape index (κ1) is 19.9. The average molecular weight is 407 g/mol. The maximum absolute atomic E-state index is 13.2. The summed E-state index contributed by atoms with van der Waals surface area (Å²) in [6, 6.07) is 7.93. The maximum atomic E-state index is 13.2. The number of aryl methyl sites for hydroxylation is 3. The number of aromatic nitrogens is 4. The molecule has 0 saturated heterocycles. The molecule has 0 unspecified atom stereocenters. The third kappa shape index (κ3) is 3.49. The molecule has 0 bridgehead atoms. The molecule has 1 amide bonds. The van der Waals surface area contributed by atoms with Crippen LogP contribution in [0.5, 0.6) is 0 Å². The molecule has 3 aromatic heterocycles. The largest absolute Gasteiger partial charge is 0.361 e. The van der Waals surface area contributed by atoms with Crippen LogP contribution in [0.1, 0.15) is 30.4 Å². The third-order valence-electron chi connectivity index (χ3n) is 5.39. The van der Waals surface area contributed by atoms with Crippen molar-refractivity contribution < 1.29 is 9.32 Å². The van der Waals surface area contributed by atoms with Gasteiger partial charge in [0.2, 0.25) is 5.91 Å². The van der Waals surface area contributed by atoms with Crippen molar-refractivity contribution in [3.8, 4) is 0 Å². The zero-order valence-electron chi connectivity index (χ0n) is 17.4. The Morgan fingerprint density at radius 1 is 1.20 bits per heavy atom. The van der Waals surface area contributed by atoms with Crippen LogP contribution in [0, 0.1) is 13.8 Å². The standard InChI is InChI=1S/C22H25N5O3/c1-4-11-26-19-8-6-5-7-17(19)18-12-24-27(22(29)21(18)26)13-20(28)23-10-9-16-14(2)25-30-15(16)3/h5-8,12H,4,9-11,13H2,1-3H3,(H,23,28). The van der Waals surface area contributed by atoms with Crippen molar-refractivity contribution in [3.05, 3.63) is 57.8 Å². The number of carbonyl (C=O) groups excluding carboxylic acids is 1. The van der Waals surface area contributed by atoms with Crippen LogP contribution in [0.15, 0.2) is 39.8 Å². The Bertz CT molecular complexity index is 1260. The van der Waals surface area contributed by atoms with Crippen LogP contribution >= 0.6 is 0 Å². The van der Waals surface area contributed by atoms with Gasteiger partial charge in [0.15, 0.2) is 0 Å². The van der Waals surface area contributed by atoms with Gasteiger partial charge in [0, 0.05) is 34.9 Å². The van der Waals surface area contributed by atoms with E-state index in [1.54, 1.807) is 6.20 Å². The monoisotopic (exact) mass is 407 g/mol. The van der Waals surface area contributed by atoms with Gasteiger partial charge in [-0.3, -0.25) is 9.59 Å². The van der Waals surface area contributed by atoms with Crippen LogP contribution in [-0.4, -0.2) is 32.0 Å². The van der Waals surface area contributed by atoms with Crippen molar-refractivity contribution in [2.45, 2.75) is 46.7 Å². The summed E-state index contributed by atoms with van der Waals surface area (Å²) in [5.41, 5.74) is 3.18. The van der Waals surface area contributed by atoms with Crippen molar-refractivity contribution in [2.24, 2.45) is 0 Å². The summed E-state index contributed by atoms with van der Waals surface area (Å²) in [7, 11) is 0. The smallest absolute Gasteiger partial charge is 0.291 e. The van der Waals surface area contributed by atoms with E-state index in [4.69, 9.17) is 4.52 Å². The lowest BCUT2D eigenvalue weighted by atomic mass is 10.1. The van der Waals surface area contributed by atoms with Crippen LogP contribution < -0.4 is 10.9 Å². The molecule has 0 radical (unpaired) electrons. The highest BCUT2D eigenvalue weighted by molar-refractivity contribution is 6.07. The number of amides is 1. The molecule has 0 atom stereocenters. The lowest BCUT2D eigenvalue weighted by Gasteiger charge is -2.08. The molecule has 0 aliphatic carbocycles. The molecule has 8 nitrogen and oxygen atoms in total. The highest BCUT2D eigenvalue weighted by Gasteiger charge is 2.16. The van der Waals surface area contributed by atoms with Gasteiger partial charge in [-0.25, -0.2) is 4.68 Å². The predicted octanol–water partition coefficient (Wildman–Crippen LogP) is 2.72. The van der Waals surface area contributed by atoms with Gasteiger partial charge in [-0.15, -0.1) is 0 Å². The molecule has 0 aliphatic rings. The summed E-state index contributed by atoms with van der Waals surface area (Å²) in [4.78, 5) is 25.6. The van der Waals surface area contributed by atoms with Gasteiger partial charge >= 0.3 is 0 Å². The number of rotatable bonds is 7. The SMILES string of the molecule is CCCn1c2ccccc2c2cnn(CC(=O)NCCc3c(C)noc3C)c(=O)c21. The van der Waals surface area contributed by atoms with Gasteiger partial charge in [-0.2, -0.15) is 5.10 Å². The first-order valence-electron chi connectivity index (χ1n) is 10.2. The molecule has 156 valence electrons. The fourth-order valence-electron chi connectivity index (χ4n) is 3.94. The Hall–Kier alpha value is -3.42. The minimum Gasteiger partial charge on any atom is -0.361 e. The van der Waals surface area contributed by atoms with Gasteiger partial charge < -0.3 is 14.4 Å². The first-order valence-corrected chi connectivity index (χ1v) is 10.2. The minimum atomic E-state index is -0.256. The number of para-hydroxylation sites is 1. The molecule has 3 heterocycles. The number of hydrogen-bond acceptors (Lipinski definition) is 5. The van der Waals surface area contributed by atoms with E-state index >= 15 is 0 Å². The highest BCUT2D eigenvalue weighted by atomic mass is 16.5. The number of nitrogens with zero attached hydrogens (tertiary/aromatic N) is 4. The molecule has 0 spiro atoms. The average Bonchev–Trinajstić information content (AvgIpc) is 3.23. The molecule has 0 saturated carbocycles. The lowest BCUT2D eigenvalue weighted by molar-refractivity contribution is -0.121. The molecule has 4 aromatic rings. The van der Waals surface area contributed by atoms with E-state index in [2.05, 4.69) is 22.5 Å². The van der Waals surface area contributed by atoms with Crippen LogP contribution in [0.25, 0.3) is 21.8 Å². The van der Waals surface area contributed by atoms with Gasteiger partial charge in [-0.1, -0.05) is 30.3 Å². The predicted molar refractivity (Wildman–Crippen MR) is 114 cm³/mol. The fourth-order valence-corrected chi connectivity index (χ4v) is 3.94. The molecule has 0 aliphatic heterocycles. The molecule has 0 fully saturated rings. The second kappa shape index (κ2) is 8.14. The van der Waals surface area contributed by atoms with Crippen molar-refractivity contribution in [1.29, 1.82) is 0 Å². The maximum Gasteiger partial charge on any atom is 0.291 e. The summed E-state index contributed by atoms with van der Waals surface area (Å²) in [5.74, 6) is 0.503. The van der Waals surface area contributed by atoms with Gasteiger partial charge in [0.1, 0.15) is 17.8 Å². The normalized spacial score (nSPS) is 11.4. The van der Waals surface area contributed by atoms with Crippen molar-refractivity contribution in [3.63, 3.8) is 0 Å². The molecule has 30 heavy (non-hydrogen) atoms. The molecule has 8 heteroatoms. The Kier molecular flexibility index (Phi) is 5.39. The van der Waals surface area contributed by atoms with E-state index in [0.29, 0.717) is 18.5 Å². The second-order valence-electron chi connectivity index (χ2n) is 7.44.